The molecule has 0 aliphatic carbocycles. The zero-order valence-corrected chi connectivity index (χ0v) is 14.7. The Bertz CT molecular complexity index is 1080. The average Bonchev–Trinajstić information content (AvgIpc) is 2.68. The molecule has 1 aliphatic rings. The lowest BCUT2D eigenvalue weighted by atomic mass is 9.95. The Morgan fingerprint density at radius 2 is 1.37 bits per heavy atom. The highest BCUT2D eigenvalue weighted by Crippen LogP contribution is 2.43. The van der Waals surface area contributed by atoms with Gasteiger partial charge >= 0.3 is 0 Å². The lowest BCUT2D eigenvalue weighted by Crippen LogP contribution is -2.31. The number of benzene rings is 3. The third-order valence-corrected chi connectivity index (χ3v) is 5.75. The van der Waals surface area contributed by atoms with Gasteiger partial charge < -0.3 is 4.74 Å². The van der Waals surface area contributed by atoms with Crippen LogP contribution in [0.1, 0.15) is 17.2 Å². The van der Waals surface area contributed by atoms with E-state index in [4.69, 9.17) is 4.74 Å². The maximum atomic E-state index is 12.9. The third kappa shape index (κ3) is 3.16. The molecule has 0 spiro atoms. The van der Waals surface area contributed by atoms with E-state index in [1.54, 1.807) is 24.3 Å². The molecule has 1 heterocycles. The topological polar surface area (TPSA) is 98.5 Å². The zero-order chi connectivity index (χ0) is 19.0. The normalized spacial score (nSPS) is 13.3. The minimum absolute atomic E-state index is 0.0467. The Morgan fingerprint density at radius 1 is 0.852 bits per heavy atom. The summed E-state index contributed by atoms with van der Waals surface area (Å²) in [6.45, 7) is 0. The zero-order valence-electron chi connectivity index (χ0n) is 13.9. The molecule has 0 aromatic heterocycles. The van der Waals surface area contributed by atoms with E-state index < -0.39 is 21.0 Å². The molecule has 8 heteroatoms. The molecule has 7 nitrogen and oxygen atoms in total. The van der Waals surface area contributed by atoms with Crippen LogP contribution >= 0.6 is 0 Å². The maximum absolute atomic E-state index is 12.9. The summed E-state index contributed by atoms with van der Waals surface area (Å²) in [5.41, 5.74) is 1.22. The Morgan fingerprint density at radius 3 is 1.89 bits per heavy atom. The van der Waals surface area contributed by atoms with Crippen LogP contribution in [-0.2, 0) is 10.0 Å². The van der Waals surface area contributed by atoms with Gasteiger partial charge in [0.25, 0.3) is 5.69 Å². The van der Waals surface area contributed by atoms with Crippen LogP contribution in [0.3, 0.4) is 0 Å². The van der Waals surface area contributed by atoms with Crippen molar-refractivity contribution in [1.29, 1.82) is 0 Å². The Balaban J connectivity index is 1.74. The Labute approximate surface area is 155 Å². The number of ether oxygens (including phenoxy) is 1. The second-order valence-corrected chi connectivity index (χ2v) is 7.70. The largest absolute Gasteiger partial charge is 0.457 e. The van der Waals surface area contributed by atoms with Crippen molar-refractivity contribution in [1.82, 2.24) is 4.72 Å². The van der Waals surface area contributed by atoms with Gasteiger partial charge in [-0.15, -0.1) is 0 Å². The molecule has 0 unspecified atom stereocenters. The summed E-state index contributed by atoms with van der Waals surface area (Å²) in [5.74, 6) is 1.15. The van der Waals surface area contributed by atoms with Crippen LogP contribution < -0.4 is 9.46 Å². The first kappa shape index (κ1) is 17.2. The molecule has 1 N–H and O–H groups in total. The number of hydrogen-bond acceptors (Lipinski definition) is 5. The van der Waals surface area contributed by atoms with Crippen LogP contribution in [0.4, 0.5) is 5.69 Å². The van der Waals surface area contributed by atoms with Crippen LogP contribution in [-0.4, -0.2) is 13.3 Å². The van der Waals surface area contributed by atoms with Crippen molar-refractivity contribution < 1.29 is 18.1 Å². The predicted molar refractivity (Wildman–Crippen MR) is 98.2 cm³/mol. The highest BCUT2D eigenvalue weighted by atomic mass is 32.2. The number of sulfonamides is 1. The summed E-state index contributed by atoms with van der Waals surface area (Å²) in [5, 5.41) is 10.8. The monoisotopic (exact) mass is 382 g/mol. The van der Waals surface area contributed by atoms with Gasteiger partial charge in [0.15, 0.2) is 0 Å². The number of non-ortho nitro benzene ring substituents is 1. The molecule has 136 valence electrons. The van der Waals surface area contributed by atoms with Crippen molar-refractivity contribution in [2.24, 2.45) is 0 Å². The predicted octanol–water partition coefficient (Wildman–Crippen LogP) is 3.77. The van der Waals surface area contributed by atoms with Gasteiger partial charge in [0.1, 0.15) is 11.5 Å². The summed E-state index contributed by atoms with van der Waals surface area (Å²) < 4.78 is 34.3. The van der Waals surface area contributed by atoms with Gasteiger partial charge in [-0.25, -0.2) is 8.42 Å². The third-order valence-electron chi connectivity index (χ3n) is 4.31. The molecule has 1 aliphatic heterocycles. The Kier molecular flexibility index (Phi) is 4.14. The van der Waals surface area contributed by atoms with E-state index >= 15 is 0 Å². The van der Waals surface area contributed by atoms with Crippen molar-refractivity contribution in [3.8, 4) is 11.5 Å². The fourth-order valence-corrected chi connectivity index (χ4v) is 4.20. The number of nitrogens with one attached hydrogen (secondary N) is 1. The molecule has 0 saturated heterocycles. The number of para-hydroxylation sites is 2. The smallest absolute Gasteiger partial charge is 0.269 e. The number of fused-ring (bicyclic) bond motifs is 2. The van der Waals surface area contributed by atoms with Crippen LogP contribution in [0.15, 0.2) is 77.7 Å². The maximum Gasteiger partial charge on any atom is 0.269 e. The molecular formula is C19H14N2O5S. The van der Waals surface area contributed by atoms with Crippen LogP contribution in [0, 0.1) is 10.1 Å². The van der Waals surface area contributed by atoms with Gasteiger partial charge in [0.2, 0.25) is 10.0 Å². The fourth-order valence-electron chi connectivity index (χ4n) is 3.01. The van der Waals surface area contributed by atoms with Crippen molar-refractivity contribution in [2.45, 2.75) is 10.9 Å². The van der Waals surface area contributed by atoms with Crippen molar-refractivity contribution in [3.63, 3.8) is 0 Å². The minimum Gasteiger partial charge on any atom is -0.457 e. The number of rotatable bonds is 4. The van der Waals surface area contributed by atoms with Crippen LogP contribution in [0.2, 0.25) is 0 Å². The van der Waals surface area contributed by atoms with E-state index in [1.807, 2.05) is 24.3 Å². The standard InChI is InChI=1S/C19H14N2O5S/c22-21(23)13-9-11-14(12-10-13)27(24,25)20-19-15-5-1-3-7-17(15)26-18-8-4-2-6-16(18)19/h1-12,19-20H. The van der Waals surface area contributed by atoms with Gasteiger partial charge in [-0.1, -0.05) is 36.4 Å². The van der Waals surface area contributed by atoms with E-state index in [0.29, 0.717) is 22.6 Å². The highest BCUT2D eigenvalue weighted by Gasteiger charge is 2.31. The van der Waals surface area contributed by atoms with Crippen molar-refractivity contribution in [3.05, 3.63) is 94.0 Å². The number of hydrogen-bond donors (Lipinski definition) is 1. The molecule has 0 radical (unpaired) electrons. The average molecular weight is 382 g/mol. The fraction of sp³-hybridized carbons (Fsp3) is 0.0526. The first-order valence-electron chi connectivity index (χ1n) is 8.08. The number of nitrogens with zero attached hydrogens (tertiary/aromatic N) is 1. The molecule has 3 aromatic rings. The summed E-state index contributed by atoms with van der Waals surface area (Å²) in [6, 6.07) is 18.5. The lowest BCUT2D eigenvalue weighted by Gasteiger charge is -2.28. The van der Waals surface area contributed by atoms with Gasteiger partial charge in [-0.2, -0.15) is 4.72 Å². The Hall–Kier alpha value is -3.23. The molecule has 0 fully saturated rings. The van der Waals surface area contributed by atoms with Crippen LogP contribution in [0.5, 0.6) is 11.5 Å². The molecule has 4 rings (SSSR count). The van der Waals surface area contributed by atoms with Gasteiger partial charge in [-0.05, 0) is 24.3 Å². The molecule has 0 saturated carbocycles. The summed E-state index contributed by atoms with van der Waals surface area (Å²) >= 11 is 0. The second kappa shape index (κ2) is 6.49. The summed E-state index contributed by atoms with van der Waals surface area (Å²) in [4.78, 5) is 10.2. The second-order valence-electron chi connectivity index (χ2n) is 5.98. The van der Waals surface area contributed by atoms with E-state index in [-0.39, 0.29) is 10.6 Å². The quantitative estimate of drug-likeness (QED) is 0.547. The minimum atomic E-state index is -3.92. The van der Waals surface area contributed by atoms with Crippen molar-refractivity contribution >= 4 is 15.7 Å². The number of nitro groups is 1. The van der Waals surface area contributed by atoms with Crippen LogP contribution in [0.25, 0.3) is 0 Å². The van der Waals surface area contributed by atoms with Crippen molar-refractivity contribution in [2.75, 3.05) is 0 Å². The highest BCUT2D eigenvalue weighted by molar-refractivity contribution is 7.89. The molecule has 0 atom stereocenters. The molecular weight excluding hydrogens is 368 g/mol. The molecule has 0 bridgehead atoms. The number of nitro benzene ring substituents is 1. The first-order valence-corrected chi connectivity index (χ1v) is 9.56. The van der Waals surface area contributed by atoms with E-state index in [0.717, 1.165) is 0 Å². The SMILES string of the molecule is O=[N+]([O-])c1ccc(S(=O)(=O)NC2c3ccccc3Oc3ccccc32)cc1. The summed E-state index contributed by atoms with van der Waals surface area (Å²) in [7, 11) is -3.92. The lowest BCUT2D eigenvalue weighted by molar-refractivity contribution is -0.384. The van der Waals surface area contributed by atoms with Gasteiger partial charge in [0, 0.05) is 23.3 Å². The van der Waals surface area contributed by atoms with Gasteiger partial charge in [-0.3, -0.25) is 10.1 Å². The molecule has 0 amide bonds. The van der Waals surface area contributed by atoms with E-state index in [9.17, 15) is 18.5 Å². The van der Waals surface area contributed by atoms with E-state index in [2.05, 4.69) is 4.72 Å². The molecule has 3 aromatic carbocycles. The van der Waals surface area contributed by atoms with E-state index in [1.165, 1.54) is 24.3 Å². The molecule has 27 heavy (non-hydrogen) atoms. The van der Waals surface area contributed by atoms with Gasteiger partial charge in [0.05, 0.1) is 15.9 Å². The summed E-state index contributed by atoms with van der Waals surface area (Å²) in [6.07, 6.45) is 0. The first-order chi connectivity index (χ1) is 13.0.